The number of alkyl halides is 2. The van der Waals surface area contributed by atoms with Crippen molar-refractivity contribution in [2.75, 3.05) is 49.5 Å². The lowest BCUT2D eigenvalue weighted by Gasteiger charge is -2.36. The topological polar surface area (TPSA) is 115 Å². The fourth-order valence-corrected chi connectivity index (χ4v) is 4.66. The maximum Gasteiger partial charge on any atom is 0.394 e. The second-order valence-electron chi connectivity index (χ2n) is 9.54. The number of benzene rings is 1. The van der Waals surface area contributed by atoms with Gasteiger partial charge in [0.15, 0.2) is 0 Å². The molecule has 3 aromatic rings. The molecule has 4 heterocycles. The van der Waals surface area contributed by atoms with Crippen LogP contribution in [0.25, 0.3) is 0 Å². The number of hydrogen-bond donors (Lipinski definition) is 2. The number of aromatic amines is 1. The molecule has 0 aliphatic carbocycles. The lowest BCUT2D eigenvalue weighted by Crippen LogP contribution is -2.49. The standard InChI is InChI=1S/C25H31F2N9O2/c1-25(26,27)38-20-4-2-3-18(13-20)14-28-24-29-15-19(16-30-24)35-9-11-36(12-10-35)23(37)6-8-34-7-5-21-22(17-34)32-33-31-21/h2-4,13,15-16H,5-12,14,17H2,1H3,(H,28,29,30)(H,31,32,33). The number of piperazine rings is 1. The van der Waals surface area contributed by atoms with Crippen LogP contribution in [0.4, 0.5) is 20.4 Å². The minimum Gasteiger partial charge on any atom is -0.433 e. The predicted octanol–water partition coefficient (Wildman–Crippen LogP) is 2.30. The quantitative estimate of drug-likeness (QED) is 0.433. The average Bonchev–Trinajstić information content (AvgIpc) is 3.38. The van der Waals surface area contributed by atoms with E-state index < -0.39 is 6.11 Å². The highest BCUT2D eigenvalue weighted by atomic mass is 19.3. The van der Waals surface area contributed by atoms with Crippen molar-refractivity contribution in [1.82, 2.24) is 35.2 Å². The van der Waals surface area contributed by atoms with Crippen LogP contribution in [-0.4, -0.2) is 86.5 Å². The van der Waals surface area contributed by atoms with Gasteiger partial charge in [-0.15, -0.1) is 0 Å². The summed E-state index contributed by atoms with van der Waals surface area (Å²) in [5, 5.41) is 14.1. The summed E-state index contributed by atoms with van der Waals surface area (Å²) in [6.07, 6.45) is 1.61. The number of ether oxygens (including phenoxy) is 1. The molecule has 0 saturated carbocycles. The molecule has 0 radical (unpaired) electrons. The third-order valence-electron chi connectivity index (χ3n) is 6.67. The molecule has 2 aliphatic rings. The van der Waals surface area contributed by atoms with Gasteiger partial charge in [-0.05, 0) is 17.7 Å². The van der Waals surface area contributed by atoms with E-state index in [2.05, 4.69) is 45.2 Å². The number of carbonyl (C=O) groups is 1. The molecule has 202 valence electrons. The number of halogens is 2. The summed E-state index contributed by atoms with van der Waals surface area (Å²) in [6.45, 7) is 6.14. The lowest BCUT2D eigenvalue weighted by atomic mass is 10.1. The van der Waals surface area contributed by atoms with Crippen LogP contribution in [0, 0.1) is 0 Å². The summed E-state index contributed by atoms with van der Waals surface area (Å²) in [7, 11) is 0. The van der Waals surface area contributed by atoms with E-state index in [0.29, 0.717) is 52.0 Å². The first-order chi connectivity index (χ1) is 18.3. The van der Waals surface area contributed by atoms with Crippen LogP contribution in [0.1, 0.15) is 30.3 Å². The van der Waals surface area contributed by atoms with Crippen molar-refractivity contribution in [3.63, 3.8) is 0 Å². The van der Waals surface area contributed by atoms with Gasteiger partial charge in [0, 0.05) is 72.1 Å². The van der Waals surface area contributed by atoms with Gasteiger partial charge in [-0.25, -0.2) is 9.97 Å². The Labute approximate surface area is 219 Å². The number of amides is 1. The molecular formula is C25H31F2N9O2. The van der Waals surface area contributed by atoms with Crippen LogP contribution in [0.2, 0.25) is 0 Å². The normalized spacial score (nSPS) is 16.3. The first kappa shape index (κ1) is 25.8. The lowest BCUT2D eigenvalue weighted by molar-refractivity contribution is -0.159. The highest BCUT2D eigenvalue weighted by molar-refractivity contribution is 5.76. The SMILES string of the molecule is CC(F)(F)Oc1cccc(CNc2ncc(N3CCN(C(=O)CCN4CCc5n[nH]nc5C4)CC3)cn2)c1. The number of hydrogen-bond acceptors (Lipinski definition) is 9. The molecule has 0 spiro atoms. The molecule has 1 amide bonds. The summed E-state index contributed by atoms with van der Waals surface area (Å²) in [5.41, 5.74) is 3.66. The Kier molecular flexibility index (Phi) is 7.63. The fourth-order valence-electron chi connectivity index (χ4n) is 4.66. The van der Waals surface area contributed by atoms with E-state index in [1.165, 1.54) is 6.07 Å². The molecule has 1 aromatic carbocycles. The number of fused-ring (bicyclic) bond motifs is 1. The molecular weight excluding hydrogens is 496 g/mol. The minimum absolute atomic E-state index is 0.0994. The molecule has 11 nitrogen and oxygen atoms in total. The van der Waals surface area contributed by atoms with E-state index in [9.17, 15) is 13.6 Å². The molecule has 0 bridgehead atoms. The molecule has 0 unspecified atom stereocenters. The molecule has 2 aliphatic heterocycles. The second kappa shape index (κ2) is 11.3. The number of aromatic nitrogens is 5. The summed E-state index contributed by atoms with van der Waals surface area (Å²) in [6, 6.07) is 6.51. The summed E-state index contributed by atoms with van der Waals surface area (Å²) in [4.78, 5) is 27.9. The van der Waals surface area contributed by atoms with E-state index in [1.807, 2.05) is 11.0 Å². The van der Waals surface area contributed by atoms with Gasteiger partial charge < -0.3 is 19.9 Å². The van der Waals surface area contributed by atoms with Gasteiger partial charge in [0.05, 0.1) is 29.5 Å². The number of anilines is 2. The van der Waals surface area contributed by atoms with Gasteiger partial charge >= 0.3 is 6.11 Å². The van der Waals surface area contributed by atoms with Crippen LogP contribution in [0.5, 0.6) is 5.75 Å². The third-order valence-corrected chi connectivity index (χ3v) is 6.67. The van der Waals surface area contributed by atoms with Crippen molar-refractivity contribution in [3.05, 3.63) is 53.6 Å². The van der Waals surface area contributed by atoms with Gasteiger partial charge in [-0.3, -0.25) is 9.69 Å². The molecule has 5 rings (SSSR count). The van der Waals surface area contributed by atoms with Crippen molar-refractivity contribution in [2.45, 2.75) is 39.0 Å². The second-order valence-corrected chi connectivity index (χ2v) is 9.54. The number of H-pyrrole nitrogens is 1. The molecule has 2 aromatic heterocycles. The highest BCUT2D eigenvalue weighted by Gasteiger charge is 2.25. The van der Waals surface area contributed by atoms with E-state index in [1.54, 1.807) is 24.5 Å². The van der Waals surface area contributed by atoms with Crippen LogP contribution in [0.15, 0.2) is 36.7 Å². The van der Waals surface area contributed by atoms with Crippen LogP contribution in [0.3, 0.4) is 0 Å². The number of carbonyl (C=O) groups excluding carboxylic acids is 1. The molecule has 0 atom stereocenters. The average molecular weight is 528 g/mol. The Morgan fingerprint density at radius 3 is 2.63 bits per heavy atom. The van der Waals surface area contributed by atoms with E-state index in [-0.39, 0.29) is 11.7 Å². The maximum absolute atomic E-state index is 13.1. The largest absolute Gasteiger partial charge is 0.433 e. The zero-order valence-electron chi connectivity index (χ0n) is 21.2. The Balaban J connectivity index is 1.05. The maximum atomic E-state index is 13.1. The fraction of sp³-hybridized carbons (Fsp3) is 0.480. The van der Waals surface area contributed by atoms with E-state index in [4.69, 9.17) is 0 Å². The van der Waals surface area contributed by atoms with E-state index >= 15 is 0 Å². The molecule has 38 heavy (non-hydrogen) atoms. The van der Waals surface area contributed by atoms with Gasteiger partial charge in [0.25, 0.3) is 0 Å². The summed E-state index contributed by atoms with van der Waals surface area (Å²) < 4.78 is 30.8. The molecule has 1 saturated heterocycles. The monoisotopic (exact) mass is 527 g/mol. The highest BCUT2D eigenvalue weighted by Crippen LogP contribution is 2.22. The zero-order chi connectivity index (χ0) is 26.5. The van der Waals surface area contributed by atoms with Crippen molar-refractivity contribution < 1.29 is 18.3 Å². The smallest absolute Gasteiger partial charge is 0.394 e. The number of rotatable bonds is 9. The minimum atomic E-state index is -3.24. The number of nitrogens with zero attached hydrogens (tertiary/aromatic N) is 7. The van der Waals surface area contributed by atoms with Gasteiger partial charge in [0.2, 0.25) is 11.9 Å². The van der Waals surface area contributed by atoms with Gasteiger partial charge in [-0.1, -0.05) is 12.1 Å². The Morgan fingerprint density at radius 1 is 1.11 bits per heavy atom. The molecule has 1 fully saturated rings. The number of nitrogens with one attached hydrogen (secondary N) is 2. The first-order valence-corrected chi connectivity index (χ1v) is 12.7. The van der Waals surface area contributed by atoms with Crippen LogP contribution < -0.4 is 15.0 Å². The summed E-state index contributed by atoms with van der Waals surface area (Å²) in [5.74, 6) is 0.705. The Morgan fingerprint density at radius 2 is 1.87 bits per heavy atom. The van der Waals surface area contributed by atoms with E-state index in [0.717, 1.165) is 48.7 Å². The zero-order valence-corrected chi connectivity index (χ0v) is 21.2. The Hall–Kier alpha value is -3.87. The van der Waals surface area contributed by atoms with Crippen LogP contribution in [-0.2, 0) is 24.3 Å². The predicted molar refractivity (Wildman–Crippen MR) is 136 cm³/mol. The first-order valence-electron chi connectivity index (χ1n) is 12.7. The van der Waals surface area contributed by atoms with Crippen molar-refractivity contribution in [2.24, 2.45) is 0 Å². The van der Waals surface area contributed by atoms with Crippen molar-refractivity contribution in [1.29, 1.82) is 0 Å². The van der Waals surface area contributed by atoms with Gasteiger partial charge in [0.1, 0.15) is 5.75 Å². The van der Waals surface area contributed by atoms with Crippen molar-refractivity contribution >= 4 is 17.5 Å². The Bertz CT molecular complexity index is 1220. The molecule has 2 N–H and O–H groups in total. The summed E-state index contributed by atoms with van der Waals surface area (Å²) >= 11 is 0. The third kappa shape index (κ3) is 6.71. The molecule has 13 heteroatoms. The van der Waals surface area contributed by atoms with Crippen LogP contribution >= 0.6 is 0 Å². The van der Waals surface area contributed by atoms with Crippen molar-refractivity contribution in [3.8, 4) is 5.75 Å². The van der Waals surface area contributed by atoms with Gasteiger partial charge in [-0.2, -0.15) is 24.2 Å².